The largest absolute Gasteiger partial charge is 0.416 e. The van der Waals surface area contributed by atoms with Crippen LogP contribution in [0.4, 0.5) is 18.9 Å². The maximum atomic E-state index is 12.6. The molecular formula is C17H15F3N4. The Morgan fingerprint density at radius 3 is 2.29 bits per heavy atom. The van der Waals surface area contributed by atoms with Gasteiger partial charge in [-0.2, -0.15) is 18.3 Å². The standard InChI is InChI=1S/C17H15F3N4/c1-24(2)14-5-3-4-12(10-14)16-21-15(22-23-16)11-6-8-13(9-7-11)17(18,19)20/h3-10H,1-2H3,(H,21,22,23). The number of anilines is 1. The van der Waals surface area contributed by atoms with Crippen LogP contribution in [-0.2, 0) is 6.18 Å². The fourth-order valence-electron chi connectivity index (χ4n) is 2.26. The van der Waals surface area contributed by atoms with E-state index in [4.69, 9.17) is 0 Å². The van der Waals surface area contributed by atoms with Gasteiger partial charge in [-0.1, -0.05) is 24.3 Å². The molecule has 0 atom stereocenters. The van der Waals surface area contributed by atoms with Gasteiger partial charge in [0.1, 0.15) is 0 Å². The van der Waals surface area contributed by atoms with Gasteiger partial charge in [-0.15, -0.1) is 0 Å². The molecule has 0 saturated heterocycles. The third kappa shape index (κ3) is 3.24. The van der Waals surface area contributed by atoms with Crippen LogP contribution in [0.3, 0.4) is 0 Å². The number of alkyl halides is 3. The molecule has 3 rings (SSSR count). The Balaban J connectivity index is 1.89. The molecule has 0 spiro atoms. The van der Waals surface area contributed by atoms with Gasteiger partial charge in [0.2, 0.25) is 0 Å². The topological polar surface area (TPSA) is 44.8 Å². The Morgan fingerprint density at radius 2 is 1.67 bits per heavy atom. The van der Waals surface area contributed by atoms with Crippen LogP contribution in [-0.4, -0.2) is 29.3 Å². The Morgan fingerprint density at radius 1 is 0.958 bits per heavy atom. The Kier molecular flexibility index (Phi) is 4.01. The summed E-state index contributed by atoms with van der Waals surface area (Å²) < 4.78 is 37.8. The second-order valence-corrected chi connectivity index (χ2v) is 5.53. The predicted molar refractivity (Wildman–Crippen MR) is 86.6 cm³/mol. The predicted octanol–water partition coefficient (Wildman–Crippen LogP) is 4.22. The van der Waals surface area contributed by atoms with Gasteiger partial charge in [-0.25, -0.2) is 4.98 Å². The van der Waals surface area contributed by atoms with Crippen LogP contribution in [0.2, 0.25) is 0 Å². The van der Waals surface area contributed by atoms with Crippen LogP contribution in [0.15, 0.2) is 48.5 Å². The fraction of sp³-hybridized carbons (Fsp3) is 0.176. The Labute approximate surface area is 137 Å². The van der Waals surface area contributed by atoms with Gasteiger partial charge in [0, 0.05) is 30.9 Å². The highest BCUT2D eigenvalue weighted by atomic mass is 19.4. The number of aromatic nitrogens is 3. The minimum Gasteiger partial charge on any atom is -0.378 e. The van der Waals surface area contributed by atoms with Gasteiger partial charge in [0.15, 0.2) is 11.6 Å². The SMILES string of the molecule is CN(C)c1cccc(-c2n[nH]c(-c3ccc(C(F)(F)F)cc3)n2)c1. The fourth-order valence-corrected chi connectivity index (χ4v) is 2.26. The van der Waals surface area contributed by atoms with Crippen LogP contribution in [0, 0.1) is 0 Å². The van der Waals surface area contributed by atoms with E-state index in [1.165, 1.54) is 12.1 Å². The van der Waals surface area contributed by atoms with E-state index in [-0.39, 0.29) is 0 Å². The third-order valence-electron chi connectivity index (χ3n) is 3.59. The molecule has 7 heteroatoms. The lowest BCUT2D eigenvalue weighted by atomic mass is 10.1. The van der Waals surface area contributed by atoms with E-state index in [9.17, 15) is 13.2 Å². The average Bonchev–Trinajstić information content (AvgIpc) is 3.04. The molecular weight excluding hydrogens is 317 g/mol. The number of H-pyrrole nitrogens is 1. The van der Waals surface area contributed by atoms with Crippen molar-refractivity contribution >= 4 is 5.69 Å². The van der Waals surface area contributed by atoms with Gasteiger partial charge >= 0.3 is 6.18 Å². The summed E-state index contributed by atoms with van der Waals surface area (Å²) in [5, 5.41) is 6.93. The van der Waals surface area contributed by atoms with E-state index in [0.717, 1.165) is 23.4 Å². The zero-order valence-corrected chi connectivity index (χ0v) is 13.1. The molecule has 0 aliphatic rings. The van der Waals surface area contributed by atoms with Gasteiger partial charge in [0.25, 0.3) is 0 Å². The lowest BCUT2D eigenvalue weighted by Gasteiger charge is -2.12. The molecule has 4 nitrogen and oxygen atoms in total. The van der Waals surface area contributed by atoms with Crippen LogP contribution >= 0.6 is 0 Å². The van der Waals surface area contributed by atoms with Crippen LogP contribution in [0.5, 0.6) is 0 Å². The molecule has 0 unspecified atom stereocenters. The number of nitrogens with one attached hydrogen (secondary N) is 1. The van der Waals surface area contributed by atoms with E-state index in [1.54, 1.807) is 0 Å². The number of aromatic amines is 1. The minimum atomic E-state index is -4.35. The van der Waals surface area contributed by atoms with Crippen molar-refractivity contribution in [1.29, 1.82) is 0 Å². The normalized spacial score (nSPS) is 11.5. The van der Waals surface area contributed by atoms with E-state index in [1.807, 2.05) is 43.3 Å². The van der Waals surface area contributed by atoms with Crippen molar-refractivity contribution in [3.63, 3.8) is 0 Å². The molecule has 124 valence electrons. The molecule has 0 radical (unpaired) electrons. The van der Waals surface area contributed by atoms with Crippen LogP contribution in [0.1, 0.15) is 5.56 Å². The van der Waals surface area contributed by atoms with Crippen LogP contribution < -0.4 is 4.90 Å². The third-order valence-corrected chi connectivity index (χ3v) is 3.59. The molecule has 1 aromatic heterocycles. The van der Waals surface area contributed by atoms with E-state index in [0.29, 0.717) is 17.2 Å². The van der Waals surface area contributed by atoms with Gasteiger partial charge in [-0.05, 0) is 24.3 Å². The Hall–Kier alpha value is -2.83. The lowest BCUT2D eigenvalue weighted by Crippen LogP contribution is -2.08. The number of rotatable bonds is 3. The first-order valence-electron chi connectivity index (χ1n) is 7.22. The summed E-state index contributed by atoms with van der Waals surface area (Å²) in [5.41, 5.74) is 1.69. The highest BCUT2D eigenvalue weighted by molar-refractivity contribution is 5.65. The maximum absolute atomic E-state index is 12.6. The smallest absolute Gasteiger partial charge is 0.378 e. The zero-order chi connectivity index (χ0) is 17.3. The molecule has 0 bridgehead atoms. The number of hydrogen-bond acceptors (Lipinski definition) is 3. The molecule has 1 N–H and O–H groups in total. The first-order chi connectivity index (χ1) is 11.3. The summed E-state index contributed by atoms with van der Waals surface area (Å²) in [6, 6.07) is 12.5. The van der Waals surface area contributed by atoms with Crippen molar-refractivity contribution in [2.45, 2.75) is 6.18 Å². The lowest BCUT2D eigenvalue weighted by molar-refractivity contribution is -0.137. The van der Waals surface area contributed by atoms with Gasteiger partial charge in [0.05, 0.1) is 5.56 Å². The summed E-state index contributed by atoms with van der Waals surface area (Å²) in [6.45, 7) is 0. The zero-order valence-electron chi connectivity index (χ0n) is 13.1. The molecule has 2 aromatic carbocycles. The van der Waals surface area contributed by atoms with Crippen molar-refractivity contribution in [2.75, 3.05) is 19.0 Å². The number of hydrogen-bond donors (Lipinski definition) is 1. The molecule has 1 heterocycles. The minimum absolute atomic E-state index is 0.425. The second kappa shape index (κ2) is 5.99. The summed E-state index contributed by atoms with van der Waals surface area (Å²) in [4.78, 5) is 6.34. The summed E-state index contributed by atoms with van der Waals surface area (Å²) in [7, 11) is 3.87. The Bertz CT molecular complexity index is 836. The number of benzene rings is 2. The van der Waals surface area contributed by atoms with E-state index >= 15 is 0 Å². The van der Waals surface area contributed by atoms with E-state index in [2.05, 4.69) is 15.2 Å². The first-order valence-corrected chi connectivity index (χ1v) is 7.22. The molecule has 0 fully saturated rings. The van der Waals surface area contributed by atoms with Gasteiger partial charge in [-0.3, -0.25) is 5.10 Å². The molecule has 0 aliphatic heterocycles. The highest BCUT2D eigenvalue weighted by Gasteiger charge is 2.30. The summed E-state index contributed by atoms with van der Waals surface area (Å²) in [6.07, 6.45) is -4.35. The molecule has 0 saturated carbocycles. The highest BCUT2D eigenvalue weighted by Crippen LogP contribution is 2.30. The molecule has 3 aromatic rings. The molecule has 0 amide bonds. The second-order valence-electron chi connectivity index (χ2n) is 5.53. The maximum Gasteiger partial charge on any atom is 0.416 e. The van der Waals surface area contributed by atoms with Crippen molar-refractivity contribution in [3.05, 3.63) is 54.1 Å². The van der Waals surface area contributed by atoms with E-state index < -0.39 is 11.7 Å². The van der Waals surface area contributed by atoms with Crippen LogP contribution in [0.25, 0.3) is 22.8 Å². The number of halogens is 3. The quantitative estimate of drug-likeness (QED) is 0.781. The molecule has 0 aliphatic carbocycles. The summed E-state index contributed by atoms with van der Waals surface area (Å²) >= 11 is 0. The van der Waals surface area contributed by atoms with Crippen molar-refractivity contribution in [2.24, 2.45) is 0 Å². The van der Waals surface area contributed by atoms with Crippen molar-refractivity contribution in [3.8, 4) is 22.8 Å². The van der Waals surface area contributed by atoms with Crippen molar-refractivity contribution in [1.82, 2.24) is 15.2 Å². The number of nitrogens with zero attached hydrogens (tertiary/aromatic N) is 3. The first kappa shape index (κ1) is 16.0. The average molecular weight is 332 g/mol. The monoisotopic (exact) mass is 332 g/mol. The van der Waals surface area contributed by atoms with Crippen molar-refractivity contribution < 1.29 is 13.2 Å². The molecule has 24 heavy (non-hydrogen) atoms. The summed E-state index contributed by atoms with van der Waals surface area (Å²) in [5.74, 6) is 0.919. The van der Waals surface area contributed by atoms with Gasteiger partial charge < -0.3 is 4.90 Å².